The molecule has 1 rings (SSSR count). The zero-order valence-corrected chi connectivity index (χ0v) is 9.96. The maximum absolute atomic E-state index is 12.0. The third-order valence-corrected chi connectivity index (χ3v) is 3.03. The molecule has 15 heavy (non-hydrogen) atoms. The van der Waals surface area contributed by atoms with Crippen molar-refractivity contribution in [2.45, 2.75) is 26.3 Å². The van der Waals surface area contributed by atoms with Crippen LogP contribution in [0.5, 0.6) is 0 Å². The lowest BCUT2D eigenvalue weighted by atomic mass is 10.2. The second kappa shape index (κ2) is 5.88. The van der Waals surface area contributed by atoms with E-state index in [9.17, 15) is 4.79 Å². The number of rotatable bonds is 5. The minimum Gasteiger partial charge on any atom is -0.396 e. The fourth-order valence-corrected chi connectivity index (χ4v) is 2.06. The molecule has 1 aromatic rings. The van der Waals surface area contributed by atoms with Crippen LogP contribution in [0.25, 0.3) is 0 Å². The van der Waals surface area contributed by atoms with E-state index in [4.69, 9.17) is 5.11 Å². The number of thiophene rings is 1. The molecule has 0 aliphatic heterocycles. The Hall–Kier alpha value is -0.870. The van der Waals surface area contributed by atoms with E-state index in [0.29, 0.717) is 13.0 Å². The molecule has 0 aliphatic rings. The molecule has 0 saturated heterocycles. The Morgan fingerprint density at radius 1 is 1.60 bits per heavy atom. The van der Waals surface area contributed by atoms with E-state index in [1.54, 1.807) is 4.90 Å². The van der Waals surface area contributed by atoms with Gasteiger partial charge >= 0.3 is 0 Å². The monoisotopic (exact) mass is 227 g/mol. The average Bonchev–Trinajstić information content (AvgIpc) is 2.70. The minimum atomic E-state index is 0.0634. The van der Waals surface area contributed by atoms with E-state index in [-0.39, 0.29) is 18.6 Å². The van der Waals surface area contributed by atoms with Gasteiger partial charge in [0.15, 0.2) is 0 Å². The van der Waals surface area contributed by atoms with Gasteiger partial charge in [-0.15, -0.1) is 11.3 Å². The average molecular weight is 227 g/mol. The van der Waals surface area contributed by atoms with Crippen molar-refractivity contribution in [1.29, 1.82) is 0 Å². The van der Waals surface area contributed by atoms with Gasteiger partial charge in [0, 0.05) is 19.2 Å². The Bertz CT molecular complexity index is 296. The maximum Gasteiger partial charge on any atom is 0.264 e. The molecular weight excluding hydrogens is 210 g/mol. The number of amides is 1. The van der Waals surface area contributed by atoms with Crippen molar-refractivity contribution >= 4 is 17.2 Å². The zero-order chi connectivity index (χ0) is 11.3. The number of hydrogen-bond acceptors (Lipinski definition) is 3. The van der Waals surface area contributed by atoms with Gasteiger partial charge in [-0.05, 0) is 31.7 Å². The van der Waals surface area contributed by atoms with Gasteiger partial charge in [0.1, 0.15) is 0 Å². The predicted molar refractivity (Wildman–Crippen MR) is 62.2 cm³/mol. The maximum atomic E-state index is 12.0. The molecule has 84 valence electrons. The lowest BCUT2D eigenvalue weighted by Gasteiger charge is -2.25. The highest BCUT2D eigenvalue weighted by Crippen LogP contribution is 2.14. The Morgan fingerprint density at radius 3 is 2.80 bits per heavy atom. The molecule has 0 fully saturated rings. The van der Waals surface area contributed by atoms with Crippen molar-refractivity contribution in [3.8, 4) is 0 Å². The summed E-state index contributed by atoms with van der Waals surface area (Å²) < 4.78 is 0. The smallest absolute Gasteiger partial charge is 0.264 e. The normalized spacial score (nSPS) is 10.7. The summed E-state index contributed by atoms with van der Waals surface area (Å²) in [7, 11) is 0. The highest BCUT2D eigenvalue weighted by molar-refractivity contribution is 7.12. The molecule has 1 N–H and O–H groups in total. The molecule has 3 nitrogen and oxygen atoms in total. The van der Waals surface area contributed by atoms with Gasteiger partial charge in [0.25, 0.3) is 5.91 Å². The van der Waals surface area contributed by atoms with Crippen LogP contribution in [0.3, 0.4) is 0 Å². The number of nitrogens with zero attached hydrogens (tertiary/aromatic N) is 1. The van der Waals surface area contributed by atoms with Crippen molar-refractivity contribution in [3.63, 3.8) is 0 Å². The summed E-state index contributed by atoms with van der Waals surface area (Å²) in [5.74, 6) is 0.0634. The van der Waals surface area contributed by atoms with Crippen LogP contribution in [-0.2, 0) is 0 Å². The summed E-state index contributed by atoms with van der Waals surface area (Å²) in [6, 6.07) is 3.88. The summed E-state index contributed by atoms with van der Waals surface area (Å²) in [6.07, 6.45) is 0.634. The van der Waals surface area contributed by atoms with Crippen LogP contribution in [0, 0.1) is 0 Å². The van der Waals surface area contributed by atoms with Crippen molar-refractivity contribution in [2.24, 2.45) is 0 Å². The van der Waals surface area contributed by atoms with E-state index in [1.807, 2.05) is 31.4 Å². The molecule has 0 spiro atoms. The SMILES string of the molecule is CC(C)N(CCCO)C(=O)c1cccs1. The van der Waals surface area contributed by atoms with Crippen LogP contribution >= 0.6 is 11.3 Å². The minimum absolute atomic E-state index is 0.0634. The van der Waals surface area contributed by atoms with Gasteiger partial charge in [-0.3, -0.25) is 4.79 Å². The second-order valence-electron chi connectivity index (χ2n) is 3.65. The molecule has 0 saturated carbocycles. The fraction of sp³-hybridized carbons (Fsp3) is 0.545. The zero-order valence-electron chi connectivity index (χ0n) is 9.14. The highest BCUT2D eigenvalue weighted by atomic mass is 32.1. The molecule has 1 heterocycles. The standard InChI is InChI=1S/C11H17NO2S/c1-9(2)12(6-4-7-13)11(14)10-5-3-8-15-10/h3,5,8-9,13H,4,6-7H2,1-2H3. The summed E-state index contributed by atoms with van der Waals surface area (Å²) >= 11 is 1.46. The van der Waals surface area contributed by atoms with Crippen molar-refractivity contribution in [2.75, 3.05) is 13.2 Å². The molecule has 0 aliphatic carbocycles. The Kier molecular flexibility index (Phi) is 4.78. The van der Waals surface area contributed by atoms with Gasteiger partial charge in [-0.25, -0.2) is 0 Å². The molecule has 4 heteroatoms. The summed E-state index contributed by atoms with van der Waals surface area (Å²) in [5, 5.41) is 10.7. The van der Waals surface area contributed by atoms with Gasteiger partial charge < -0.3 is 10.0 Å². The van der Waals surface area contributed by atoms with E-state index in [0.717, 1.165) is 4.88 Å². The van der Waals surface area contributed by atoms with Crippen molar-refractivity contribution in [3.05, 3.63) is 22.4 Å². The van der Waals surface area contributed by atoms with Crippen LogP contribution in [0.4, 0.5) is 0 Å². The van der Waals surface area contributed by atoms with E-state index < -0.39 is 0 Å². The summed E-state index contributed by atoms with van der Waals surface area (Å²) in [4.78, 5) is 14.6. The molecule has 1 amide bonds. The Morgan fingerprint density at radius 2 is 2.33 bits per heavy atom. The first-order valence-electron chi connectivity index (χ1n) is 5.12. The van der Waals surface area contributed by atoms with Gasteiger partial charge in [-0.2, -0.15) is 0 Å². The van der Waals surface area contributed by atoms with Crippen LogP contribution < -0.4 is 0 Å². The molecule has 1 aromatic heterocycles. The molecule has 0 bridgehead atoms. The first kappa shape index (κ1) is 12.2. The topological polar surface area (TPSA) is 40.5 Å². The quantitative estimate of drug-likeness (QED) is 0.835. The van der Waals surface area contributed by atoms with E-state index >= 15 is 0 Å². The van der Waals surface area contributed by atoms with Crippen LogP contribution in [-0.4, -0.2) is 35.1 Å². The third-order valence-electron chi connectivity index (χ3n) is 2.17. The van der Waals surface area contributed by atoms with Gasteiger partial charge in [0.05, 0.1) is 4.88 Å². The Labute approximate surface area is 94.3 Å². The van der Waals surface area contributed by atoms with Crippen molar-refractivity contribution in [1.82, 2.24) is 4.90 Å². The lowest BCUT2D eigenvalue weighted by molar-refractivity contribution is 0.0698. The number of aliphatic hydroxyl groups is 1. The van der Waals surface area contributed by atoms with Crippen LogP contribution in [0.15, 0.2) is 17.5 Å². The Balaban J connectivity index is 2.67. The fourth-order valence-electron chi connectivity index (χ4n) is 1.38. The molecule has 0 radical (unpaired) electrons. The number of hydrogen-bond donors (Lipinski definition) is 1. The molecule has 0 aromatic carbocycles. The molecular formula is C11H17NO2S. The number of aliphatic hydroxyl groups excluding tert-OH is 1. The molecule has 0 unspecified atom stereocenters. The van der Waals surface area contributed by atoms with E-state index in [1.165, 1.54) is 11.3 Å². The largest absolute Gasteiger partial charge is 0.396 e. The van der Waals surface area contributed by atoms with E-state index in [2.05, 4.69) is 0 Å². The molecule has 0 atom stereocenters. The van der Waals surface area contributed by atoms with Crippen LogP contribution in [0.2, 0.25) is 0 Å². The number of carbonyl (C=O) groups excluding carboxylic acids is 1. The first-order valence-corrected chi connectivity index (χ1v) is 6.00. The van der Waals surface area contributed by atoms with Gasteiger partial charge in [0.2, 0.25) is 0 Å². The summed E-state index contributed by atoms with van der Waals surface area (Å²) in [5.41, 5.74) is 0. The van der Waals surface area contributed by atoms with Crippen molar-refractivity contribution < 1.29 is 9.90 Å². The lowest BCUT2D eigenvalue weighted by Crippen LogP contribution is -2.37. The van der Waals surface area contributed by atoms with Crippen LogP contribution in [0.1, 0.15) is 29.9 Å². The first-order chi connectivity index (χ1) is 7.16. The predicted octanol–water partition coefficient (Wildman–Crippen LogP) is 1.98. The van der Waals surface area contributed by atoms with Gasteiger partial charge in [-0.1, -0.05) is 6.07 Å². The number of carbonyl (C=O) groups is 1. The second-order valence-corrected chi connectivity index (χ2v) is 4.59. The third kappa shape index (κ3) is 3.32. The highest BCUT2D eigenvalue weighted by Gasteiger charge is 2.18. The summed E-state index contributed by atoms with van der Waals surface area (Å²) in [6.45, 7) is 4.72.